The van der Waals surface area contributed by atoms with E-state index in [-0.39, 0.29) is 0 Å². The molecule has 0 saturated carbocycles. The van der Waals surface area contributed by atoms with E-state index < -0.39 is 0 Å². The van der Waals surface area contributed by atoms with Crippen LogP contribution in [0.25, 0.3) is 0 Å². The molecule has 0 aliphatic carbocycles. The first-order chi connectivity index (χ1) is 9.29. The van der Waals surface area contributed by atoms with Crippen molar-refractivity contribution in [2.24, 2.45) is 0 Å². The molecule has 1 aromatic carbocycles. The number of benzene rings is 1. The quantitative estimate of drug-likeness (QED) is 0.760. The summed E-state index contributed by atoms with van der Waals surface area (Å²) in [7, 11) is 2.07. The molecule has 102 valence electrons. The Hall–Kier alpha value is -0.770. The van der Waals surface area contributed by atoms with Gasteiger partial charge in [0.25, 0.3) is 0 Å². The van der Waals surface area contributed by atoms with Crippen LogP contribution in [0.5, 0.6) is 0 Å². The molecule has 0 amide bonds. The predicted octanol–water partition coefficient (Wildman–Crippen LogP) is 4.37. The van der Waals surface area contributed by atoms with E-state index in [4.69, 9.17) is 0 Å². The standard InChI is InChI=1S/C16H21NS2/c1-13-5-3-4-6-16(13)19-12-15(17-2)8-7-14-9-10-18-11-14/h3-6,9-11,15,17H,7-8,12H2,1-2H3. The zero-order chi connectivity index (χ0) is 13.5. The highest BCUT2D eigenvalue weighted by Crippen LogP contribution is 2.23. The molecule has 2 rings (SSSR count). The van der Waals surface area contributed by atoms with Gasteiger partial charge in [0.15, 0.2) is 0 Å². The minimum Gasteiger partial charge on any atom is -0.316 e. The zero-order valence-electron chi connectivity index (χ0n) is 11.6. The molecule has 1 atom stereocenters. The van der Waals surface area contributed by atoms with E-state index in [0.717, 1.165) is 5.75 Å². The van der Waals surface area contributed by atoms with Crippen molar-refractivity contribution in [1.29, 1.82) is 0 Å². The first-order valence-corrected chi connectivity index (χ1v) is 8.59. The zero-order valence-corrected chi connectivity index (χ0v) is 13.2. The number of hydrogen-bond acceptors (Lipinski definition) is 3. The van der Waals surface area contributed by atoms with Crippen molar-refractivity contribution in [2.75, 3.05) is 12.8 Å². The highest BCUT2D eigenvalue weighted by molar-refractivity contribution is 7.99. The van der Waals surface area contributed by atoms with Gasteiger partial charge in [0.2, 0.25) is 0 Å². The van der Waals surface area contributed by atoms with Crippen LogP contribution in [0.15, 0.2) is 46.0 Å². The van der Waals surface area contributed by atoms with Crippen molar-refractivity contribution in [1.82, 2.24) is 5.32 Å². The summed E-state index contributed by atoms with van der Waals surface area (Å²) in [6.07, 6.45) is 2.37. The van der Waals surface area contributed by atoms with E-state index in [0.29, 0.717) is 6.04 Å². The fraction of sp³-hybridized carbons (Fsp3) is 0.375. The Morgan fingerprint density at radius 2 is 2.11 bits per heavy atom. The van der Waals surface area contributed by atoms with Gasteiger partial charge in [0.1, 0.15) is 0 Å². The van der Waals surface area contributed by atoms with Gasteiger partial charge in [-0.2, -0.15) is 11.3 Å². The summed E-state index contributed by atoms with van der Waals surface area (Å²) >= 11 is 3.74. The summed E-state index contributed by atoms with van der Waals surface area (Å²) in [6.45, 7) is 2.18. The molecule has 0 spiro atoms. The highest BCUT2D eigenvalue weighted by Gasteiger charge is 2.08. The van der Waals surface area contributed by atoms with Gasteiger partial charge in [-0.25, -0.2) is 0 Å². The molecule has 19 heavy (non-hydrogen) atoms. The van der Waals surface area contributed by atoms with Gasteiger partial charge in [-0.15, -0.1) is 11.8 Å². The average Bonchev–Trinajstić information content (AvgIpc) is 2.94. The maximum absolute atomic E-state index is 3.44. The predicted molar refractivity (Wildman–Crippen MR) is 87.4 cm³/mol. The number of aryl methyl sites for hydroxylation is 2. The molecule has 2 aromatic rings. The van der Waals surface area contributed by atoms with Gasteiger partial charge in [-0.3, -0.25) is 0 Å². The molecule has 0 fully saturated rings. The van der Waals surface area contributed by atoms with Crippen LogP contribution in [0, 0.1) is 6.92 Å². The first kappa shape index (κ1) is 14.6. The Morgan fingerprint density at radius 3 is 2.79 bits per heavy atom. The first-order valence-electron chi connectivity index (χ1n) is 6.66. The highest BCUT2D eigenvalue weighted by atomic mass is 32.2. The molecule has 0 aliphatic rings. The monoisotopic (exact) mass is 291 g/mol. The third-order valence-electron chi connectivity index (χ3n) is 3.30. The lowest BCUT2D eigenvalue weighted by Crippen LogP contribution is -2.28. The lowest BCUT2D eigenvalue weighted by atomic mass is 10.1. The van der Waals surface area contributed by atoms with Crippen LogP contribution in [0.3, 0.4) is 0 Å². The number of nitrogens with one attached hydrogen (secondary N) is 1. The molecule has 1 N–H and O–H groups in total. The normalized spacial score (nSPS) is 12.5. The molecular formula is C16H21NS2. The summed E-state index contributed by atoms with van der Waals surface area (Å²) in [5.74, 6) is 1.13. The topological polar surface area (TPSA) is 12.0 Å². The molecule has 1 unspecified atom stereocenters. The van der Waals surface area contributed by atoms with E-state index >= 15 is 0 Å². The van der Waals surface area contributed by atoms with Gasteiger partial charge in [-0.05, 0) is 60.8 Å². The molecule has 0 saturated heterocycles. The van der Waals surface area contributed by atoms with Crippen molar-refractivity contribution in [3.63, 3.8) is 0 Å². The second kappa shape index (κ2) is 7.73. The number of thioether (sulfide) groups is 1. The summed E-state index contributed by atoms with van der Waals surface area (Å²) in [4.78, 5) is 1.40. The van der Waals surface area contributed by atoms with Gasteiger partial charge in [0.05, 0.1) is 0 Å². The van der Waals surface area contributed by atoms with E-state index in [1.165, 1.54) is 28.9 Å². The third-order valence-corrected chi connectivity index (χ3v) is 5.37. The van der Waals surface area contributed by atoms with E-state index in [9.17, 15) is 0 Å². The minimum absolute atomic E-state index is 0.574. The molecule has 3 heteroatoms. The maximum Gasteiger partial charge on any atom is 0.0161 e. The Morgan fingerprint density at radius 1 is 1.26 bits per heavy atom. The average molecular weight is 291 g/mol. The Bertz CT molecular complexity index is 479. The van der Waals surface area contributed by atoms with Gasteiger partial charge in [-0.1, -0.05) is 18.2 Å². The lowest BCUT2D eigenvalue weighted by Gasteiger charge is -2.16. The SMILES string of the molecule is CNC(CCc1ccsc1)CSc1ccccc1C. The summed E-state index contributed by atoms with van der Waals surface area (Å²) < 4.78 is 0. The number of hydrogen-bond donors (Lipinski definition) is 1. The second-order valence-electron chi connectivity index (χ2n) is 4.73. The van der Waals surface area contributed by atoms with Crippen LogP contribution in [0.2, 0.25) is 0 Å². The molecular weight excluding hydrogens is 270 g/mol. The Kier molecular flexibility index (Phi) is 5.95. The van der Waals surface area contributed by atoms with E-state index in [1.54, 1.807) is 11.3 Å². The molecule has 0 radical (unpaired) electrons. The maximum atomic E-state index is 3.44. The lowest BCUT2D eigenvalue weighted by molar-refractivity contribution is 0.573. The van der Waals surface area contributed by atoms with Crippen molar-refractivity contribution in [2.45, 2.75) is 30.7 Å². The van der Waals surface area contributed by atoms with Crippen LogP contribution in [-0.2, 0) is 6.42 Å². The third kappa shape index (κ3) is 4.68. The van der Waals surface area contributed by atoms with Crippen LogP contribution in [0.1, 0.15) is 17.5 Å². The summed E-state index contributed by atoms with van der Waals surface area (Å²) in [5.41, 5.74) is 2.84. The fourth-order valence-electron chi connectivity index (χ4n) is 2.00. The summed E-state index contributed by atoms with van der Waals surface area (Å²) in [5, 5.41) is 7.85. The van der Waals surface area contributed by atoms with Crippen LogP contribution >= 0.6 is 23.1 Å². The van der Waals surface area contributed by atoms with Crippen LogP contribution < -0.4 is 5.32 Å². The van der Waals surface area contributed by atoms with Crippen LogP contribution in [-0.4, -0.2) is 18.8 Å². The molecule has 1 heterocycles. The fourth-order valence-corrected chi connectivity index (χ4v) is 3.88. The van der Waals surface area contributed by atoms with Gasteiger partial charge >= 0.3 is 0 Å². The van der Waals surface area contributed by atoms with Crippen molar-refractivity contribution < 1.29 is 0 Å². The minimum atomic E-state index is 0.574. The van der Waals surface area contributed by atoms with Crippen molar-refractivity contribution >= 4 is 23.1 Å². The number of rotatable bonds is 7. The van der Waals surface area contributed by atoms with Crippen molar-refractivity contribution in [3.05, 3.63) is 52.2 Å². The van der Waals surface area contributed by atoms with Gasteiger partial charge < -0.3 is 5.32 Å². The number of thiophene rings is 1. The molecule has 0 bridgehead atoms. The molecule has 0 aliphatic heterocycles. The summed E-state index contributed by atoms with van der Waals surface area (Å²) in [6, 6.07) is 11.4. The Labute approximate surface area is 124 Å². The van der Waals surface area contributed by atoms with Crippen molar-refractivity contribution in [3.8, 4) is 0 Å². The molecule has 1 nitrogen and oxygen atoms in total. The van der Waals surface area contributed by atoms with Gasteiger partial charge in [0, 0.05) is 16.7 Å². The second-order valence-corrected chi connectivity index (χ2v) is 6.57. The largest absolute Gasteiger partial charge is 0.316 e. The van der Waals surface area contributed by atoms with E-state index in [2.05, 4.69) is 60.4 Å². The molecule has 1 aromatic heterocycles. The van der Waals surface area contributed by atoms with E-state index in [1.807, 2.05) is 11.8 Å². The van der Waals surface area contributed by atoms with Crippen LogP contribution in [0.4, 0.5) is 0 Å². The smallest absolute Gasteiger partial charge is 0.0161 e. The Balaban J connectivity index is 1.81.